The Bertz CT molecular complexity index is 617. The van der Waals surface area contributed by atoms with Crippen molar-refractivity contribution in [3.05, 3.63) is 68.7 Å². The van der Waals surface area contributed by atoms with E-state index in [-0.39, 0.29) is 5.78 Å². The fraction of sp³-hybridized carbons (Fsp3) is 0.235. The van der Waals surface area contributed by atoms with Gasteiger partial charge >= 0.3 is 0 Å². The summed E-state index contributed by atoms with van der Waals surface area (Å²) in [7, 11) is 0. The van der Waals surface area contributed by atoms with Crippen LogP contribution in [0.25, 0.3) is 0 Å². The lowest BCUT2D eigenvalue weighted by Gasteiger charge is -2.07. The maximum Gasteiger partial charge on any atom is 0.168 e. The number of ketones is 1. The maximum atomic E-state index is 12.3. The first-order valence-electron chi connectivity index (χ1n) is 6.54. The van der Waals surface area contributed by atoms with Crippen LogP contribution in [0.2, 0.25) is 5.02 Å². The molecule has 0 aliphatic carbocycles. The molecule has 0 amide bonds. The SMILES string of the molecule is CC(C)c1ccc(CC(=O)c2ccc(Br)cc2Cl)cc1. The molecule has 0 bridgehead atoms. The third-order valence-electron chi connectivity index (χ3n) is 3.24. The average Bonchev–Trinajstić information content (AvgIpc) is 2.39. The molecule has 0 aliphatic heterocycles. The number of halogens is 2. The van der Waals surface area contributed by atoms with E-state index in [1.807, 2.05) is 18.2 Å². The molecular formula is C17H16BrClO. The molecule has 2 aromatic rings. The highest BCUT2D eigenvalue weighted by molar-refractivity contribution is 9.10. The van der Waals surface area contributed by atoms with E-state index in [1.165, 1.54) is 5.56 Å². The van der Waals surface area contributed by atoms with Crippen LogP contribution in [-0.2, 0) is 6.42 Å². The van der Waals surface area contributed by atoms with Crippen LogP contribution in [0.5, 0.6) is 0 Å². The quantitative estimate of drug-likeness (QED) is 0.650. The minimum Gasteiger partial charge on any atom is -0.294 e. The van der Waals surface area contributed by atoms with E-state index < -0.39 is 0 Å². The fourth-order valence-corrected chi connectivity index (χ4v) is 2.80. The normalized spacial score (nSPS) is 10.8. The van der Waals surface area contributed by atoms with Crippen LogP contribution in [0, 0.1) is 0 Å². The van der Waals surface area contributed by atoms with E-state index in [2.05, 4.69) is 41.9 Å². The molecule has 0 N–H and O–H groups in total. The number of hydrogen-bond acceptors (Lipinski definition) is 1. The Labute approximate surface area is 133 Å². The largest absolute Gasteiger partial charge is 0.294 e. The van der Waals surface area contributed by atoms with Crippen molar-refractivity contribution < 1.29 is 4.79 Å². The van der Waals surface area contributed by atoms with E-state index in [4.69, 9.17) is 11.6 Å². The highest BCUT2D eigenvalue weighted by Crippen LogP contribution is 2.23. The van der Waals surface area contributed by atoms with Crippen LogP contribution in [0.4, 0.5) is 0 Å². The second-order valence-corrected chi connectivity index (χ2v) is 6.44. The molecule has 0 atom stereocenters. The van der Waals surface area contributed by atoms with Crippen molar-refractivity contribution in [2.24, 2.45) is 0 Å². The van der Waals surface area contributed by atoms with Gasteiger partial charge in [0.1, 0.15) is 0 Å². The van der Waals surface area contributed by atoms with Gasteiger partial charge in [-0.2, -0.15) is 0 Å². The summed E-state index contributed by atoms with van der Waals surface area (Å²) in [6.07, 6.45) is 0.375. The molecule has 0 spiro atoms. The summed E-state index contributed by atoms with van der Waals surface area (Å²) >= 11 is 9.44. The standard InChI is InChI=1S/C17H16BrClO/c1-11(2)13-5-3-12(4-6-13)9-17(20)15-8-7-14(18)10-16(15)19/h3-8,10-11H,9H2,1-2H3. The van der Waals surface area contributed by atoms with Crippen LogP contribution < -0.4 is 0 Å². The molecule has 0 saturated carbocycles. The van der Waals surface area contributed by atoms with Crippen LogP contribution >= 0.6 is 27.5 Å². The summed E-state index contributed by atoms with van der Waals surface area (Å²) in [6, 6.07) is 13.5. The highest BCUT2D eigenvalue weighted by Gasteiger charge is 2.11. The monoisotopic (exact) mass is 350 g/mol. The average molecular weight is 352 g/mol. The summed E-state index contributed by atoms with van der Waals surface area (Å²) in [6.45, 7) is 4.31. The highest BCUT2D eigenvalue weighted by atomic mass is 79.9. The van der Waals surface area contributed by atoms with E-state index in [9.17, 15) is 4.79 Å². The lowest BCUT2D eigenvalue weighted by atomic mass is 9.98. The predicted octanol–water partition coefficient (Wildman–Crippen LogP) is 5.65. The molecule has 3 heteroatoms. The van der Waals surface area contributed by atoms with Crippen molar-refractivity contribution in [2.75, 3.05) is 0 Å². The summed E-state index contributed by atoms with van der Waals surface area (Å²) < 4.78 is 0.875. The van der Waals surface area contributed by atoms with Crippen molar-refractivity contribution in [1.82, 2.24) is 0 Å². The zero-order chi connectivity index (χ0) is 14.7. The summed E-state index contributed by atoms with van der Waals surface area (Å²) in [5.41, 5.74) is 2.86. The molecule has 2 rings (SSSR count). The number of carbonyl (C=O) groups is 1. The fourth-order valence-electron chi connectivity index (χ4n) is 2.02. The summed E-state index contributed by atoms with van der Waals surface area (Å²) in [5, 5.41) is 0.489. The van der Waals surface area contributed by atoms with Gasteiger partial charge in [0, 0.05) is 16.5 Å². The Morgan fingerprint density at radius 1 is 1.15 bits per heavy atom. The number of benzene rings is 2. The second kappa shape index (κ2) is 6.55. The number of carbonyl (C=O) groups excluding carboxylic acids is 1. The molecule has 2 aromatic carbocycles. The smallest absolute Gasteiger partial charge is 0.168 e. The molecule has 0 radical (unpaired) electrons. The molecule has 0 heterocycles. The second-order valence-electron chi connectivity index (χ2n) is 5.12. The van der Waals surface area contributed by atoms with Gasteiger partial charge in [0.2, 0.25) is 0 Å². The van der Waals surface area contributed by atoms with Crippen molar-refractivity contribution in [3.8, 4) is 0 Å². The van der Waals surface area contributed by atoms with Gasteiger partial charge in [0.05, 0.1) is 5.02 Å². The lowest BCUT2D eigenvalue weighted by molar-refractivity contribution is 0.0993. The molecule has 0 saturated heterocycles. The van der Waals surface area contributed by atoms with E-state index in [1.54, 1.807) is 12.1 Å². The number of rotatable bonds is 4. The van der Waals surface area contributed by atoms with Crippen LogP contribution in [0.15, 0.2) is 46.9 Å². The van der Waals surface area contributed by atoms with Gasteiger partial charge in [0.15, 0.2) is 5.78 Å². The number of hydrogen-bond donors (Lipinski definition) is 0. The number of Topliss-reactive ketones (excluding diaryl/α,β-unsaturated/α-hetero) is 1. The van der Waals surface area contributed by atoms with Gasteiger partial charge in [0.25, 0.3) is 0 Å². The third kappa shape index (κ3) is 3.71. The lowest BCUT2D eigenvalue weighted by Crippen LogP contribution is -2.04. The van der Waals surface area contributed by atoms with Gasteiger partial charge in [-0.05, 0) is 35.2 Å². The Morgan fingerprint density at radius 2 is 1.80 bits per heavy atom. The zero-order valence-electron chi connectivity index (χ0n) is 11.5. The van der Waals surface area contributed by atoms with Crippen molar-refractivity contribution >= 4 is 33.3 Å². The van der Waals surface area contributed by atoms with Gasteiger partial charge in [-0.25, -0.2) is 0 Å². The first kappa shape index (κ1) is 15.3. The summed E-state index contributed by atoms with van der Waals surface area (Å²) in [5.74, 6) is 0.542. The minimum absolute atomic E-state index is 0.0415. The molecule has 1 nitrogen and oxygen atoms in total. The Kier molecular flexibility index (Phi) is 5.00. The zero-order valence-corrected chi connectivity index (χ0v) is 13.8. The van der Waals surface area contributed by atoms with Gasteiger partial charge in [-0.3, -0.25) is 4.79 Å². The van der Waals surface area contributed by atoms with Crippen LogP contribution in [0.3, 0.4) is 0 Å². The molecule has 0 fully saturated rings. The molecule has 104 valence electrons. The molecule has 20 heavy (non-hydrogen) atoms. The van der Waals surface area contributed by atoms with E-state index in [0.717, 1.165) is 10.0 Å². The Balaban J connectivity index is 2.15. The summed E-state index contributed by atoms with van der Waals surface area (Å²) in [4.78, 5) is 12.3. The van der Waals surface area contributed by atoms with Gasteiger partial charge < -0.3 is 0 Å². The Hall–Kier alpha value is -1.12. The van der Waals surface area contributed by atoms with E-state index >= 15 is 0 Å². The third-order valence-corrected chi connectivity index (χ3v) is 4.05. The molecule has 0 aromatic heterocycles. The van der Waals surface area contributed by atoms with Gasteiger partial charge in [-0.1, -0.05) is 65.6 Å². The molecule has 0 aliphatic rings. The first-order chi connectivity index (χ1) is 9.47. The van der Waals surface area contributed by atoms with E-state index in [0.29, 0.717) is 22.9 Å². The van der Waals surface area contributed by atoms with Crippen LogP contribution in [-0.4, -0.2) is 5.78 Å². The minimum atomic E-state index is 0.0415. The Morgan fingerprint density at radius 3 is 2.35 bits per heavy atom. The van der Waals surface area contributed by atoms with Crippen molar-refractivity contribution in [3.63, 3.8) is 0 Å². The van der Waals surface area contributed by atoms with Gasteiger partial charge in [-0.15, -0.1) is 0 Å². The topological polar surface area (TPSA) is 17.1 Å². The maximum absolute atomic E-state index is 12.3. The van der Waals surface area contributed by atoms with Crippen LogP contribution in [0.1, 0.15) is 41.3 Å². The van der Waals surface area contributed by atoms with Crippen molar-refractivity contribution in [1.29, 1.82) is 0 Å². The van der Waals surface area contributed by atoms with Crippen molar-refractivity contribution in [2.45, 2.75) is 26.2 Å². The molecular weight excluding hydrogens is 336 g/mol. The first-order valence-corrected chi connectivity index (χ1v) is 7.71. The molecule has 0 unspecified atom stereocenters. The predicted molar refractivity (Wildman–Crippen MR) is 87.7 cm³/mol.